The maximum Gasteiger partial charge on any atom is 0.227 e. The van der Waals surface area contributed by atoms with E-state index in [0.29, 0.717) is 5.92 Å². The molecule has 2 rings (SSSR count). The van der Waals surface area contributed by atoms with E-state index in [9.17, 15) is 4.79 Å². The number of carbonyl (C=O) groups is 1. The molecule has 1 saturated carbocycles. The third kappa shape index (κ3) is 2.35. The molecule has 3 heteroatoms. The van der Waals surface area contributed by atoms with Gasteiger partial charge in [-0.1, -0.05) is 19.4 Å². The van der Waals surface area contributed by atoms with Crippen LogP contribution in [-0.2, 0) is 4.79 Å². The van der Waals surface area contributed by atoms with Crippen LogP contribution in [0.5, 0.6) is 0 Å². The highest BCUT2D eigenvalue weighted by molar-refractivity contribution is 5.95. The Balaban J connectivity index is 2.19. The molecule has 1 amide bonds. The van der Waals surface area contributed by atoms with Crippen molar-refractivity contribution in [3.8, 4) is 0 Å². The van der Waals surface area contributed by atoms with Crippen LogP contribution in [0.4, 0.5) is 11.4 Å². The molecule has 1 aliphatic rings. The number of nitrogens with two attached hydrogens (primary N) is 1. The maximum atomic E-state index is 12.3. The van der Waals surface area contributed by atoms with Crippen LogP contribution in [0.2, 0.25) is 0 Å². The van der Waals surface area contributed by atoms with Crippen LogP contribution in [-0.4, -0.2) is 5.91 Å². The minimum Gasteiger partial charge on any atom is -0.398 e. The smallest absolute Gasteiger partial charge is 0.227 e. The average molecular weight is 246 g/mol. The van der Waals surface area contributed by atoms with Gasteiger partial charge in [0.25, 0.3) is 0 Å². The Morgan fingerprint density at radius 1 is 1.33 bits per heavy atom. The summed E-state index contributed by atoms with van der Waals surface area (Å²) < 4.78 is 0. The molecule has 1 aromatic carbocycles. The van der Waals surface area contributed by atoms with Crippen LogP contribution < -0.4 is 11.1 Å². The molecule has 0 aromatic heterocycles. The van der Waals surface area contributed by atoms with E-state index in [1.165, 1.54) is 0 Å². The first kappa shape index (κ1) is 12.9. The first-order chi connectivity index (χ1) is 8.50. The molecule has 3 N–H and O–H groups in total. The normalized spacial score (nSPS) is 23.1. The summed E-state index contributed by atoms with van der Waals surface area (Å²) in [5.74, 6) is 0.800. The van der Waals surface area contributed by atoms with E-state index in [2.05, 4.69) is 12.2 Å². The number of hydrogen-bond acceptors (Lipinski definition) is 2. The van der Waals surface area contributed by atoms with Crippen molar-refractivity contribution in [3.05, 3.63) is 23.3 Å². The maximum absolute atomic E-state index is 12.3. The highest BCUT2D eigenvalue weighted by atomic mass is 16.1. The zero-order valence-corrected chi connectivity index (χ0v) is 11.4. The lowest BCUT2D eigenvalue weighted by Crippen LogP contribution is -2.25. The van der Waals surface area contributed by atoms with E-state index < -0.39 is 0 Å². The second kappa shape index (κ2) is 5.01. The van der Waals surface area contributed by atoms with Crippen molar-refractivity contribution < 1.29 is 4.79 Å². The molecular weight excluding hydrogens is 224 g/mol. The summed E-state index contributed by atoms with van der Waals surface area (Å²) in [6.45, 7) is 6.12. The second-order valence-corrected chi connectivity index (χ2v) is 5.48. The summed E-state index contributed by atoms with van der Waals surface area (Å²) in [5.41, 5.74) is 9.55. The van der Waals surface area contributed by atoms with Crippen molar-refractivity contribution in [1.82, 2.24) is 0 Å². The van der Waals surface area contributed by atoms with Crippen LogP contribution in [0, 0.1) is 25.7 Å². The van der Waals surface area contributed by atoms with E-state index in [1.807, 2.05) is 26.0 Å². The van der Waals surface area contributed by atoms with Crippen molar-refractivity contribution >= 4 is 17.3 Å². The Bertz CT molecular complexity index is 468. The lowest BCUT2D eigenvalue weighted by molar-refractivity contribution is -0.120. The van der Waals surface area contributed by atoms with Gasteiger partial charge in [0.2, 0.25) is 5.91 Å². The zero-order chi connectivity index (χ0) is 13.3. The van der Waals surface area contributed by atoms with Gasteiger partial charge in [-0.15, -0.1) is 0 Å². The minimum atomic E-state index is 0.150. The molecule has 1 fully saturated rings. The summed E-state index contributed by atoms with van der Waals surface area (Å²) in [7, 11) is 0. The number of rotatable bonds is 2. The number of benzene rings is 1. The standard InChI is InChI=1S/C15H22N2O/c1-9-5-4-6-12(9)15(18)17-14-10(2)7-8-13(16)11(14)3/h7-9,12H,4-6,16H2,1-3H3,(H,17,18). The summed E-state index contributed by atoms with van der Waals surface area (Å²) in [6.07, 6.45) is 3.33. The second-order valence-electron chi connectivity index (χ2n) is 5.48. The highest BCUT2D eigenvalue weighted by Crippen LogP contribution is 2.33. The summed E-state index contributed by atoms with van der Waals surface area (Å²) in [6, 6.07) is 3.84. The van der Waals surface area contributed by atoms with Crippen LogP contribution in [0.15, 0.2) is 12.1 Å². The van der Waals surface area contributed by atoms with Gasteiger partial charge < -0.3 is 11.1 Å². The SMILES string of the molecule is Cc1ccc(N)c(C)c1NC(=O)C1CCCC1C. The molecule has 1 aromatic rings. The minimum absolute atomic E-state index is 0.150. The van der Waals surface area contributed by atoms with Crippen LogP contribution in [0.3, 0.4) is 0 Å². The first-order valence-electron chi connectivity index (χ1n) is 6.67. The van der Waals surface area contributed by atoms with Crippen molar-refractivity contribution in [3.63, 3.8) is 0 Å². The molecule has 1 aliphatic carbocycles. The third-order valence-corrected chi connectivity index (χ3v) is 4.16. The largest absolute Gasteiger partial charge is 0.398 e. The molecule has 0 radical (unpaired) electrons. The van der Waals surface area contributed by atoms with Crippen molar-refractivity contribution in [1.29, 1.82) is 0 Å². The van der Waals surface area contributed by atoms with Gasteiger partial charge in [-0.25, -0.2) is 0 Å². The fourth-order valence-corrected chi connectivity index (χ4v) is 2.81. The number of anilines is 2. The Kier molecular flexibility index (Phi) is 3.60. The Morgan fingerprint density at radius 2 is 2.06 bits per heavy atom. The molecule has 0 heterocycles. The lowest BCUT2D eigenvalue weighted by Gasteiger charge is -2.18. The first-order valence-corrected chi connectivity index (χ1v) is 6.67. The molecular formula is C15H22N2O. The summed E-state index contributed by atoms with van der Waals surface area (Å²) in [4.78, 5) is 12.3. The zero-order valence-electron chi connectivity index (χ0n) is 11.4. The molecule has 98 valence electrons. The molecule has 0 saturated heterocycles. The predicted molar refractivity (Wildman–Crippen MR) is 75.5 cm³/mol. The monoisotopic (exact) mass is 246 g/mol. The van der Waals surface area contributed by atoms with Crippen molar-refractivity contribution in [2.24, 2.45) is 11.8 Å². The van der Waals surface area contributed by atoms with Crippen LogP contribution >= 0.6 is 0 Å². The van der Waals surface area contributed by atoms with E-state index in [4.69, 9.17) is 5.73 Å². The molecule has 0 bridgehead atoms. The molecule has 2 unspecified atom stereocenters. The fraction of sp³-hybridized carbons (Fsp3) is 0.533. The van der Waals surface area contributed by atoms with E-state index in [1.54, 1.807) is 0 Å². The predicted octanol–water partition coefficient (Wildman–Crippen LogP) is 3.26. The number of nitrogens with one attached hydrogen (secondary N) is 1. The van der Waals surface area contributed by atoms with Gasteiger partial charge in [0.15, 0.2) is 0 Å². The van der Waals surface area contributed by atoms with E-state index in [-0.39, 0.29) is 11.8 Å². The lowest BCUT2D eigenvalue weighted by atomic mass is 9.96. The Labute approximate surface area is 109 Å². The molecule has 0 spiro atoms. The van der Waals surface area contributed by atoms with Gasteiger partial charge in [0.1, 0.15) is 0 Å². The van der Waals surface area contributed by atoms with Crippen molar-refractivity contribution in [2.75, 3.05) is 11.1 Å². The molecule has 2 atom stereocenters. The Hall–Kier alpha value is -1.51. The number of carbonyl (C=O) groups excluding carboxylic acids is 1. The van der Waals surface area contributed by atoms with Gasteiger partial charge in [0, 0.05) is 17.3 Å². The van der Waals surface area contributed by atoms with Crippen LogP contribution in [0.25, 0.3) is 0 Å². The van der Waals surface area contributed by atoms with E-state index >= 15 is 0 Å². The Morgan fingerprint density at radius 3 is 2.67 bits per heavy atom. The van der Waals surface area contributed by atoms with Gasteiger partial charge in [-0.05, 0) is 49.8 Å². The number of amides is 1. The number of aryl methyl sites for hydroxylation is 1. The van der Waals surface area contributed by atoms with E-state index in [0.717, 1.165) is 41.8 Å². The fourth-order valence-electron chi connectivity index (χ4n) is 2.81. The van der Waals surface area contributed by atoms with Gasteiger partial charge in [0.05, 0.1) is 0 Å². The van der Waals surface area contributed by atoms with Gasteiger partial charge in [-0.2, -0.15) is 0 Å². The molecule has 18 heavy (non-hydrogen) atoms. The number of hydrogen-bond donors (Lipinski definition) is 2. The topological polar surface area (TPSA) is 55.1 Å². The summed E-state index contributed by atoms with van der Waals surface area (Å²) in [5, 5.41) is 3.07. The van der Waals surface area contributed by atoms with Gasteiger partial charge in [-0.3, -0.25) is 4.79 Å². The summed E-state index contributed by atoms with van der Waals surface area (Å²) >= 11 is 0. The average Bonchev–Trinajstić information content (AvgIpc) is 2.76. The quantitative estimate of drug-likeness (QED) is 0.787. The number of nitrogen functional groups attached to an aromatic ring is 1. The molecule has 0 aliphatic heterocycles. The third-order valence-electron chi connectivity index (χ3n) is 4.16. The van der Waals surface area contributed by atoms with Crippen molar-refractivity contribution in [2.45, 2.75) is 40.0 Å². The molecule has 3 nitrogen and oxygen atoms in total. The van der Waals surface area contributed by atoms with Crippen LogP contribution in [0.1, 0.15) is 37.3 Å². The highest BCUT2D eigenvalue weighted by Gasteiger charge is 2.30. The van der Waals surface area contributed by atoms with Gasteiger partial charge >= 0.3 is 0 Å².